The second kappa shape index (κ2) is 3.21. The van der Waals surface area contributed by atoms with Crippen molar-refractivity contribution in [2.24, 2.45) is 0 Å². The molecule has 0 unspecified atom stereocenters. The van der Waals surface area contributed by atoms with Gasteiger partial charge in [0, 0.05) is 0 Å². The third-order valence-electron chi connectivity index (χ3n) is 0.265. The summed E-state index contributed by atoms with van der Waals surface area (Å²) in [4.78, 5) is 9.53. The highest BCUT2D eigenvalue weighted by Gasteiger charge is 1.91. The van der Waals surface area contributed by atoms with Crippen LogP contribution < -0.4 is 0 Å². The van der Waals surface area contributed by atoms with Gasteiger partial charge in [-0.25, -0.2) is 4.79 Å². The molecule has 1 N–H and O–H groups in total. The fraction of sp³-hybridized carbons (Fsp3) is 0. The van der Waals surface area contributed by atoms with E-state index in [1.54, 1.807) is 0 Å². The van der Waals surface area contributed by atoms with Crippen LogP contribution in [0.15, 0.2) is 12.8 Å². The number of hydrogen-bond donors (Lipinski definition) is 1. The Morgan fingerprint density at radius 1 is 1.86 bits per heavy atom. The number of carboxylic acid groups (broad SMARTS) is 1. The molecule has 0 amide bonds. The van der Waals surface area contributed by atoms with Crippen LogP contribution in [0.3, 0.4) is 0 Å². The summed E-state index contributed by atoms with van der Waals surface area (Å²) in [6, 6.07) is 0. The van der Waals surface area contributed by atoms with Crippen LogP contribution in [0.4, 0.5) is 0 Å². The van der Waals surface area contributed by atoms with Gasteiger partial charge in [-0.05, 0) is 0 Å². The first-order valence-electron chi connectivity index (χ1n) is 1.60. The van der Waals surface area contributed by atoms with Gasteiger partial charge in [0.15, 0.2) is 0 Å². The van der Waals surface area contributed by atoms with Gasteiger partial charge in [-0.3, -0.25) is 0 Å². The number of aliphatic carboxylic acids is 1. The van der Waals surface area contributed by atoms with Crippen molar-refractivity contribution in [1.29, 1.82) is 0 Å². The second-order valence-corrected chi connectivity index (χ2v) is 0.759. The predicted octanol–water partition coefficient (Wildman–Crippen LogP) is 0.393. The maximum atomic E-state index is 9.53. The number of ether oxygens (including phenoxy) is 1. The highest BCUT2D eigenvalue weighted by Crippen LogP contribution is 1.78. The van der Waals surface area contributed by atoms with E-state index in [9.17, 15) is 4.79 Å². The van der Waals surface area contributed by atoms with E-state index in [1.807, 2.05) is 0 Å². The SMILES string of the molecule is C=CO[CH]C(=O)O. The molecule has 0 aliphatic carbocycles. The fourth-order valence-corrected chi connectivity index (χ4v) is 0.106. The molecule has 3 nitrogen and oxygen atoms in total. The molecular weight excluding hydrogens is 96.0 g/mol. The van der Waals surface area contributed by atoms with Gasteiger partial charge < -0.3 is 9.84 Å². The van der Waals surface area contributed by atoms with Crippen LogP contribution in [0.25, 0.3) is 0 Å². The van der Waals surface area contributed by atoms with Gasteiger partial charge in [0.25, 0.3) is 0 Å². The summed E-state index contributed by atoms with van der Waals surface area (Å²) in [5.41, 5.74) is 0. The zero-order chi connectivity index (χ0) is 5.70. The fourth-order valence-electron chi connectivity index (χ4n) is 0.106. The lowest BCUT2D eigenvalue weighted by Crippen LogP contribution is -1.94. The molecule has 0 saturated heterocycles. The van der Waals surface area contributed by atoms with E-state index in [1.165, 1.54) is 0 Å². The Kier molecular flexibility index (Phi) is 2.76. The van der Waals surface area contributed by atoms with Gasteiger partial charge in [-0.2, -0.15) is 0 Å². The molecular formula is C4H5O3. The van der Waals surface area contributed by atoms with Crippen LogP contribution in [0.5, 0.6) is 0 Å². The Morgan fingerprint density at radius 2 is 2.43 bits per heavy atom. The first kappa shape index (κ1) is 6.01. The lowest BCUT2D eigenvalue weighted by atomic mass is 10.7. The lowest BCUT2D eigenvalue weighted by molar-refractivity contribution is -0.136. The summed E-state index contributed by atoms with van der Waals surface area (Å²) in [6.07, 6.45) is 1.04. The minimum Gasteiger partial charge on any atom is -0.482 e. The van der Waals surface area contributed by atoms with E-state index in [4.69, 9.17) is 5.11 Å². The summed E-state index contributed by atoms with van der Waals surface area (Å²) in [5, 5.41) is 7.82. The van der Waals surface area contributed by atoms with E-state index in [0.29, 0.717) is 6.61 Å². The molecule has 39 valence electrons. The average molecular weight is 101 g/mol. The van der Waals surface area contributed by atoms with Gasteiger partial charge in [0.05, 0.1) is 6.26 Å². The molecule has 0 bridgehead atoms. The third kappa shape index (κ3) is 5.01. The van der Waals surface area contributed by atoms with Crippen molar-refractivity contribution in [3.05, 3.63) is 19.4 Å². The van der Waals surface area contributed by atoms with Crippen molar-refractivity contribution in [2.75, 3.05) is 0 Å². The molecule has 0 saturated carbocycles. The Morgan fingerprint density at radius 3 is 2.57 bits per heavy atom. The molecule has 1 radical (unpaired) electrons. The largest absolute Gasteiger partial charge is 0.482 e. The molecule has 0 aromatic carbocycles. The summed E-state index contributed by atoms with van der Waals surface area (Å²) in [5.74, 6) is -1.11. The zero-order valence-corrected chi connectivity index (χ0v) is 3.63. The minimum absolute atomic E-state index is 0.646. The van der Waals surface area contributed by atoms with E-state index in [-0.39, 0.29) is 0 Å². The normalized spacial score (nSPS) is 7.43. The Hall–Kier alpha value is -0.990. The number of carboxylic acids is 1. The topological polar surface area (TPSA) is 46.5 Å². The van der Waals surface area contributed by atoms with Crippen molar-refractivity contribution in [1.82, 2.24) is 0 Å². The van der Waals surface area contributed by atoms with Crippen LogP contribution in [0, 0.1) is 6.61 Å². The molecule has 0 atom stereocenters. The monoisotopic (exact) mass is 101 g/mol. The second-order valence-electron chi connectivity index (χ2n) is 0.759. The Labute approximate surface area is 41.2 Å². The van der Waals surface area contributed by atoms with Crippen LogP contribution in [-0.4, -0.2) is 11.1 Å². The maximum Gasteiger partial charge on any atom is 0.349 e. The quantitative estimate of drug-likeness (QED) is 0.523. The molecule has 0 aliphatic heterocycles. The van der Waals surface area contributed by atoms with E-state index in [2.05, 4.69) is 11.3 Å². The molecule has 0 fully saturated rings. The lowest BCUT2D eigenvalue weighted by Gasteiger charge is -1.87. The predicted molar refractivity (Wildman–Crippen MR) is 23.2 cm³/mol. The van der Waals surface area contributed by atoms with Crippen LogP contribution in [0.1, 0.15) is 0 Å². The molecule has 0 aromatic rings. The summed E-state index contributed by atoms with van der Waals surface area (Å²) in [7, 11) is 0. The summed E-state index contributed by atoms with van der Waals surface area (Å²) >= 11 is 0. The minimum atomic E-state index is -1.11. The van der Waals surface area contributed by atoms with Crippen molar-refractivity contribution < 1.29 is 14.6 Å². The summed E-state index contributed by atoms with van der Waals surface area (Å²) < 4.78 is 4.13. The van der Waals surface area contributed by atoms with Crippen molar-refractivity contribution in [2.45, 2.75) is 0 Å². The number of hydrogen-bond acceptors (Lipinski definition) is 2. The van der Waals surface area contributed by atoms with Crippen molar-refractivity contribution in [3.8, 4) is 0 Å². The number of carbonyl (C=O) groups is 1. The van der Waals surface area contributed by atoms with Crippen molar-refractivity contribution in [3.63, 3.8) is 0 Å². The van der Waals surface area contributed by atoms with E-state index in [0.717, 1.165) is 6.26 Å². The van der Waals surface area contributed by atoms with Crippen LogP contribution >= 0.6 is 0 Å². The van der Waals surface area contributed by atoms with Gasteiger partial charge in [-0.15, -0.1) is 0 Å². The van der Waals surface area contributed by atoms with Crippen LogP contribution in [-0.2, 0) is 9.53 Å². The molecule has 3 heteroatoms. The van der Waals surface area contributed by atoms with Gasteiger partial charge in [-0.1, -0.05) is 6.58 Å². The zero-order valence-electron chi connectivity index (χ0n) is 3.63. The standard InChI is InChI=1S/C4H5O3/c1-2-7-3-4(5)6/h2-3H,1H2,(H,5,6). The van der Waals surface area contributed by atoms with E-state index < -0.39 is 5.97 Å². The molecule has 0 spiro atoms. The highest BCUT2D eigenvalue weighted by molar-refractivity contribution is 5.74. The smallest absolute Gasteiger partial charge is 0.349 e. The first-order valence-corrected chi connectivity index (χ1v) is 1.60. The third-order valence-corrected chi connectivity index (χ3v) is 0.265. The van der Waals surface area contributed by atoms with E-state index >= 15 is 0 Å². The van der Waals surface area contributed by atoms with Gasteiger partial charge >= 0.3 is 5.97 Å². The number of rotatable bonds is 3. The molecule has 0 aliphatic rings. The van der Waals surface area contributed by atoms with Gasteiger partial charge in [0.1, 0.15) is 0 Å². The average Bonchev–Trinajstić information content (AvgIpc) is 1.61. The highest BCUT2D eigenvalue weighted by atomic mass is 16.5. The first-order chi connectivity index (χ1) is 3.27. The van der Waals surface area contributed by atoms with Crippen molar-refractivity contribution >= 4 is 5.97 Å². The summed E-state index contributed by atoms with van der Waals surface area (Å²) in [6.45, 7) is 3.76. The molecule has 0 aromatic heterocycles. The van der Waals surface area contributed by atoms with Gasteiger partial charge in [0.2, 0.25) is 6.61 Å². The Balaban J connectivity index is 2.97. The maximum absolute atomic E-state index is 9.53. The molecule has 0 heterocycles. The van der Waals surface area contributed by atoms with Crippen LogP contribution in [0.2, 0.25) is 0 Å². The molecule has 0 rings (SSSR count). The Bertz CT molecular complexity index is 77.0. The molecule has 7 heavy (non-hydrogen) atoms.